The number of benzene rings is 2. The normalized spacial score (nSPS) is 10.2. The van der Waals surface area contributed by atoms with E-state index in [1.807, 2.05) is 69.3 Å². The molecule has 0 aromatic heterocycles. The van der Waals surface area contributed by atoms with E-state index in [0.717, 1.165) is 22.7 Å². The molecule has 4 nitrogen and oxygen atoms in total. The van der Waals surface area contributed by atoms with Crippen molar-refractivity contribution in [1.82, 2.24) is 0 Å². The van der Waals surface area contributed by atoms with Crippen molar-refractivity contribution in [3.05, 3.63) is 54.1 Å². The minimum atomic E-state index is 0.0319. The zero-order chi connectivity index (χ0) is 16.7. The third kappa shape index (κ3) is 4.49. The minimum Gasteiger partial charge on any atom is -0.492 e. The lowest BCUT2D eigenvalue weighted by molar-refractivity contribution is -0.116. The Bertz CT molecular complexity index is 655. The van der Waals surface area contributed by atoms with Crippen LogP contribution in [0.2, 0.25) is 0 Å². The molecule has 2 aromatic carbocycles. The van der Waals surface area contributed by atoms with Crippen LogP contribution in [-0.2, 0) is 4.79 Å². The van der Waals surface area contributed by atoms with Crippen molar-refractivity contribution in [2.45, 2.75) is 20.8 Å². The molecular formula is C19H24N2O2. The molecular weight excluding hydrogens is 288 g/mol. The Morgan fingerprint density at radius 3 is 2.61 bits per heavy atom. The molecule has 0 spiro atoms. The van der Waals surface area contributed by atoms with Gasteiger partial charge in [0.15, 0.2) is 0 Å². The fourth-order valence-electron chi connectivity index (χ4n) is 2.46. The zero-order valence-electron chi connectivity index (χ0n) is 14.0. The number of para-hydroxylation sites is 2. The monoisotopic (exact) mass is 312 g/mol. The number of hydrogen-bond acceptors (Lipinski definition) is 3. The molecule has 4 heteroatoms. The predicted molar refractivity (Wildman–Crippen MR) is 95.3 cm³/mol. The van der Waals surface area contributed by atoms with Crippen LogP contribution in [0, 0.1) is 6.92 Å². The number of likely N-dealkylation sites (N-methyl/N-ethyl adjacent to an activating group) is 1. The average Bonchev–Trinajstić information content (AvgIpc) is 2.55. The zero-order valence-corrected chi connectivity index (χ0v) is 14.0. The van der Waals surface area contributed by atoms with Crippen LogP contribution >= 0.6 is 0 Å². The van der Waals surface area contributed by atoms with Gasteiger partial charge in [0.2, 0.25) is 5.91 Å². The van der Waals surface area contributed by atoms with Crippen molar-refractivity contribution < 1.29 is 9.53 Å². The molecule has 0 saturated heterocycles. The van der Waals surface area contributed by atoms with Crippen LogP contribution in [-0.4, -0.2) is 25.6 Å². The maximum absolute atomic E-state index is 12.6. The summed E-state index contributed by atoms with van der Waals surface area (Å²) in [5, 5.41) is 3.18. The molecule has 0 unspecified atom stereocenters. The van der Waals surface area contributed by atoms with Crippen molar-refractivity contribution in [2.75, 3.05) is 29.9 Å². The van der Waals surface area contributed by atoms with Crippen LogP contribution in [0.25, 0.3) is 0 Å². The number of carbonyl (C=O) groups excluding carboxylic acids is 1. The van der Waals surface area contributed by atoms with E-state index in [1.165, 1.54) is 0 Å². The van der Waals surface area contributed by atoms with E-state index in [0.29, 0.717) is 13.2 Å². The van der Waals surface area contributed by atoms with E-state index in [2.05, 4.69) is 5.32 Å². The van der Waals surface area contributed by atoms with Gasteiger partial charge in [-0.2, -0.15) is 0 Å². The lowest BCUT2D eigenvalue weighted by atomic mass is 10.2. The summed E-state index contributed by atoms with van der Waals surface area (Å²) in [6.07, 6.45) is 0. The molecule has 0 aliphatic carbocycles. The van der Waals surface area contributed by atoms with Gasteiger partial charge in [0.1, 0.15) is 5.75 Å². The number of nitrogens with one attached hydrogen (secondary N) is 1. The summed E-state index contributed by atoms with van der Waals surface area (Å²) >= 11 is 0. The Balaban J connectivity index is 2.06. The van der Waals surface area contributed by atoms with Gasteiger partial charge in [-0.15, -0.1) is 0 Å². The van der Waals surface area contributed by atoms with Gasteiger partial charge in [-0.1, -0.05) is 24.3 Å². The maximum Gasteiger partial charge on any atom is 0.246 e. The van der Waals surface area contributed by atoms with E-state index in [9.17, 15) is 4.79 Å². The topological polar surface area (TPSA) is 41.6 Å². The summed E-state index contributed by atoms with van der Waals surface area (Å²) in [5.41, 5.74) is 2.91. The first-order valence-electron chi connectivity index (χ1n) is 7.98. The largest absolute Gasteiger partial charge is 0.492 e. The summed E-state index contributed by atoms with van der Waals surface area (Å²) in [6, 6.07) is 15.6. The highest BCUT2D eigenvalue weighted by molar-refractivity contribution is 5.96. The molecule has 0 radical (unpaired) electrons. The third-order valence-corrected chi connectivity index (χ3v) is 3.55. The molecule has 0 aliphatic heterocycles. The second-order valence-electron chi connectivity index (χ2n) is 5.26. The van der Waals surface area contributed by atoms with Crippen LogP contribution < -0.4 is 15.0 Å². The Morgan fingerprint density at radius 1 is 1.13 bits per heavy atom. The van der Waals surface area contributed by atoms with Crippen molar-refractivity contribution in [3.8, 4) is 5.75 Å². The smallest absolute Gasteiger partial charge is 0.246 e. The third-order valence-electron chi connectivity index (χ3n) is 3.55. The Labute approximate surface area is 138 Å². The van der Waals surface area contributed by atoms with Crippen LogP contribution in [0.15, 0.2) is 48.5 Å². The lowest BCUT2D eigenvalue weighted by Gasteiger charge is -2.22. The molecule has 0 atom stereocenters. The molecule has 0 aliphatic rings. The van der Waals surface area contributed by atoms with E-state index in [-0.39, 0.29) is 12.5 Å². The van der Waals surface area contributed by atoms with E-state index < -0.39 is 0 Å². The van der Waals surface area contributed by atoms with Gasteiger partial charge in [-0.3, -0.25) is 4.79 Å². The Hall–Kier alpha value is -2.49. The number of aryl methyl sites for hydroxylation is 1. The fraction of sp³-hybridized carbons (Fsp3) is 0.316. The van der Waals surface area contributed by atoms with Gasteiger partial charge in [-0.05, 0) is 50.6 Å². The summed E-state index contributed by atoms with van der Waals surface area (Å²) in [5.74, 6) is 0.797. The molecule has 0 heterocycles. The first-order chi connectivity index (χ1) is 11.2. The molecule has 2 rings (SSSR count). The van der Waals surface area contributed by atoms with Gasteiger partial charge in [-0.25, -0.2) is 0 Å². The van der Waals surface area contributed by atoms with Crippen molar-refractivity contribution in [1.29, 1.82) is 0 Å². The number of nitrogens with zero attached hydrogens (tertiary/aromatic N) is 1. The number of rotatable bonds is 7. The fourth-order valence-corrected chi connectivity index (χ4v) is 2.46. The molecule has 122 valence electrons. The second kappa shape index (κ2) is 8.22. The summed E-state index contributed by atoms with van der Waals surface area (Å²) in [7, 11) is 0. The van der Waals surface area contributed by atoms with E-state index in [4.69, 9.17) is 4.74 Å². The van der Waals surface area contributed by atoms with E-state index >= 15 is 0 Å². The highest BCUT2D eigenvalue weighted by Crippen LogP contribution is 2.23. The second-order valence-corrected chi connectivity index (χ2v) is 5.26. The first-order valence-corrected chi connectivity index (χ1v) is 7.98. The molecule has 0 fully saturated rings. The highest BCUT2D eigenvalue weighted by Gasteiger charge is 2.14. The Morgan fingerprint density at radius 2 is 1.91 bits per heavy atom. The molecule has 0 saturated carbocycles. The minimum absolute atomic E-state index is 0.0319. The molecule has 1 amide bonds. The maximum atomic E-state index is 12.6. The number of anilines is 2. The number of amides is 1. The van der Waals surface area contributed by atoms with Crippen molar-refractivity contribution in [3.63, 3.8) is 0 Å². The summed E-state index contributed by atoms with van der Waals surface area (Å²) in [4.78, 5) is 14.3. The number of hydrogen-bond donors (Lipinski definition) is 1. The van der Waals surface area contributed by atoms with E-state index in [1.54, 1.807) is 4.90 Å². The Kier molecular flexibility index (Phi) is 6.03. The van der Waals surface area contributed by atoms with Gasteiger partial charge >= 0.3 is 0 Å². The quantitative estimate of drug-likeness (QED) is 0.844. The van der Waals surface area contributed by atoms with Gasteiger partial charge in [0.25, 0.3) is 0 Å². The summed E-state index contributed by atoms with van der Waals surface area (Å²) < 4.78 is 5.57. The van der Waals surface area contributed by atoms with Crippen LogP contribution in [0.3, 0.4) is 0 Å². The molecule has 1 N–H and O–H groups in total. The van der Waals surface area contributed by atoms with Crippen molar-refractivity contribution in [2.24, 2.45) is 0 Å². The van der Waals surface area contributed by atoms with Gasteiger partial charge < -0.3 is 15.0 Å². The average molecular weight is 312 g/mol. The van der Waals surface area contributed by atoms with Gasteiger partial charge in [0.05, 0.1) is 18.8 Å². The first kappa shape index (κ1) is 16.9. The standard InChI is InChI=1S/C19H24N2O2/c1-4-21(16-10-8-9-15(3)13-16)19(22)14-20-17-11-6-7-12-18(17)23-5-2/h6-13,20H,4-5,14H2,1-3H3. The van der Waals surface area contributed by atoms with Crippen LogP contribution in [0.1, 0.15) is 19.4 Å². The predicted octanol–water partition coefficient (Wildman–Crippen LogP) is 3.86. The summed E-state index contributed by atoms with van der Waals surface area (Å²) in [6.45, 7) is 7.41. The van der Waals surface area contributed by atoms with Gasteiger partial charge in [0, 0.05) is 12.2 Å². The SMILES string of the molecule is CCOc1ccccc1NCC(=O)N(CC)c1cccc(C)c1. The molecule has 2 aromatic rings. The van der Waals surface area contributed by atoms with Crippen LogP contribution in [0.4, 0.5) is 11.4 Å². The molecule has 23 heavy (non-hydrogen) atoms. The molecule has 0 bridgehead atoms. The highest BCUT2D eigenvalue weighted by atomic mass is 16.5. The lowest BCUT2D eigenvalue weighted by Crippen LogP contribution is -2.35. The van der Waals surface area contributed by atoms with Crippen molar-refractivity contribution >= 4 is 17.3 Å². The number of ether oxygens (including phenoxy) is 1. The number of carbonyl (C=O) groups is 1. The van der Waals surface area contributed by atoms with Crippen LogP contribution in [0.5, 0.6) is 5.75 Å².